The van der Waals surface area contributed by atoms with Gasteiger partial charge in [0.15, 0.2) is 11.5 Å². The lowest BCUT2D eigenvalue weighted by Gasteiger charge is -2.09. The van der Waals surface area contributed by atoms with Crippen molar-refractivity contribution in [3.63, 3.8) is 0 Å². The average molecular weight is 442 g/mol. The molecule has 0 fully saturated rings. The van der Waals surface area contributed by atoms with E-state index in [-0.39, 0.29) is 33.7 Å². The summed E-state index contributed by atoms with van der Waals surface area (Å²) in [4.78, 5) is 35.7. The summed E-state index contributed by atoms with van der Waals surface area (Å²) in [6.45, 7) is 5.53. The summed E-state index contributed by atoms with van der Waals surface area (Å²) in [5, 5.41) is 14.6. The van der Waals surface area contributed by atoms with Crippen molar-refractivity contribution in [2.45, 2.75) is 13.3 Å². The third-order valence-corrected chi connectivity index (χ3v) is 4.77. The summed E-state index contributed by atoms with van der Waals surface area (Å²) in [5.41, 5.74) is 0.182. The number of nitrogens with one attached hydrogen (secondary N) is 1. The van der Waals surface area contributed by atoms with Gasteiger partial charge in [-0.15, -0.1) is 0 Å². The molecule has 1 N–H and O–H groups in total. The molecule has 1 heterocycles. The number of aromatic amines is 1. The first-order valence-electron chi connectivity index (χ1n) is 9.16. The smallest absolute Gasteiger partial charge is 0.311 e. The Labute approximate surface area is 181 Å². The molecule has 0 saturated heterocycles. The molecular formula is C22H18ClN2O6-. The van der Waals surface area contributed by atoms with Gasteiger partial charge >= 0.3 is 5.97 Å². The summed E-state index contributed by atoms with van der Waals surface area (Å²) < 4.78 is 11.6. The minimum atomic E-state index is -1.45. The van der Waals surface area contributed by atoms with Crippen LogP contribution in [0.5, 0.6) is 11.5 Å². The Balaban J connectivity index is 2.08. The molecule has 3 aromatic rings. The van der Waals surface area contributed by atoms with Gasteiger partial charge in [0, 0.05) is 17.0 Å². The van der Waals surface area contributed by atoms with Gasteiger partial charge in [-0.2, -0.15) is 0 Å². The van der Waals surface area contributed by atoms with E-state index in [2.05, 4.69) is 11.7 Å². The van der Waals surface area contributed by atoms with E-state index in [9.17, 15) is 19.5 Å². The zero-order valence-electron chi connectivity index (χ0n) is 16.7. The highest BCUT2D eigenvalue weighted by Crippen LogP contribution is 2.28. The lowest BCUT2D eigenvalue weighted by atomic mass is 10.1. The van der Waals surface area contributed by atoms with Crippen molar-refractivity contribution >= 4 is 36.2 Å². The number of carbonyl (C=O) groups excluding carboxylic acids is 2. The van der Waals surface area contributed by atoms with E-state index >= 15 is 0 Å². The second-order valence-electron chi connectivity index (χ2n) is 6.48. The van der Waals surface area contributed by atoms with E-state index in [1.54, 1.807) is 31.2 Å². The fourth-order valence-corrected chi connectivity index (χ4v) is 3.05. The Hall–Kier alpha value is -3.78. The number of esters is 1. The highest BCUT2D eigenvalue weighted by Gasteiger charge is 2.11. The Morgan fingerprint density at radius 2 is 1.97 bits per heavy atom. The van der Waals surface area contributed by atoms with Crippen LogP contribution in [0.4, 0.5) is 0 Å². The maximum absolute atomic E-state index is 12.9. The topological polar surface area (TPSA) is 113 Å². The molecule has 0 aliphatic carbocycles. The van der Waals surface area contributed by atoms with Gasteiger partial charge in [0.1, 0.15) is 0 Å². The molecule has 31 heavy (non-hydrogen) atoms. The number of methoxy groups -OCH3 is 1. The number of halogens is 1. The first-order chi connectivity index (χ1) is 14.7. The lowest BCUT2D eigenvalue weighted by Crippen LogP contribution is -2.34. The molecule has 0 saturated carbocycles. The number of aromatic nitrogens is 2. The van der Waals surface area contributed by atoms with Crippen LogP contribution in [0.25, 0.3) is 18.3 Å². The average Bonchev–Trinajstić information content (AvgIpc) is 3.03. The van der Waals surface area contributed by atoms with Crippen LogP contribution in [0.15, 0.2) is 41.2 Å². The predicted octanol–water partition coefficient (Wildman–Crippen LogP) is 0.746. The van der Waals surface area contributed by atoms with Crippen molar-refractivity contribution < 1.29 is 24.2 Å². The number of ether oxygens (including phenoxy) is 2. The van der Waals surface area contributed by atoms with Gasteiger partial charge in [-0.25, -0.2) is 4.68 Å². The second kappa shape index (κ2) is 8.93. The molecule has 160 valence electrons. The molecule has 0 aliphatic heterocycles. The number of rotatable bonds is 6. The van der Waals surface area contributed by atoms with Crippen LogP contribution in [-0.4, -0.2) is 28.8 Å². The minimum Gasteiger partial charge on any atom is -0.545 e. The maximum Gasteiger partial charge on any atom is 0.311 e. The molecule has 0 aliphatic rings. The first kappa shape index (κ1) is 21.9. The summed E-state index contributed by atoms with van der Waals surface area (Å²) in [6, 6.07) is 8.94. The summed E-state index contributed by atoms with van der Waals surface area (Å²) >= 11 is 5.86. The number of aromatic carboxylic acids is 1. The van der Waals surface area contributed by atoms with Crippen LogP contribution in [0.3, 0.4) is 0 Å². The predicted molar refractivity (Wildman–Crippen MR) is 113 cm³/mol. The highest BCUT2D eigenvalue weighted by molar-refractivity contribution is 6.33. The number of carbonyl (C=O) groups is 2. The van der Waals surface area contributed by atoms with Gasteiger partial charge in [-0.1, -0.05) is 31.2 Å². The fraction of sp³-hybridized carbons (Fsp3) is 0.136. The van der Waals surface area contributed by atoms with Gasteiger partial charge in [-0.05, 0) is 42.0 Å². The standard InChI is InChI=1S/C22H19ClN2O6/c1-4-20(26)31-18-8-5-13(10-19(18)30-3)9-15-12(2)24-25(21(15)27)14-6-7-17(23)16(11-14)22(28)29/h5-11,24H,2,4H2,1,3H3,(H,28,29)/p-1/b15-9-. The minimum absolute atomic E-state index is 0.000876. The molecule has 2 aromatic carbocycles. The Morgan fingerprint density at radius 3 is 2.61 bits per heavy atom. The second-order valence-corrected chi connectivity index (χ2v) is 6.89. The first-order valence-corrected chi connectivity index (χ1v) is 9.54. The molecule has 3 rings (SSSR count). The number of carboxylic acid groups (broad SMARTS) is 1. The number of hydrogen-bond donors (Lipinski definition) is 1. The third-order valence-electron chi connectivity index (χ3n) is 4.44. The Morgan fingerprint density at radius 1 is 1.23 bits per heavy atom. The monoisotopic (exact) mass is 441 g/mol. The highest BCUT2D eigenvalue weighted by atomic mass is 35.5. The zero-order valence-corrected chi connectivity index (χ0v) is 17.5. The van der Waals surface area contributed by atoms with Gasteiger partial charge in [0.25, 0.3) is 5.56 Å². The quantitative estimate of drug-likeness (QED) is 0.446. The van der Waals surface area contributed by atoms with Gasteiger partial charge in [-0.3, -0.25) is 14.7 Å². The molecule has 1 aromatic heterocycles. The summed E-state index contributed by atoms with van der Waals surface area (Å²) in [7, 11) is 1.44. The van der Waals surface area contributed by atoms with E-state index in [4.69, 9.17) is 21.1 Å². The molecule has 0 bridgehead atoms. The molecule has 0 atom stereocenters. The maximum atomic E-state index is 12.9. The number of hydrogen-bond acceptors (Lipinski definition) is 6. The van der Waals surface area contributed by atoms with Crippen LogP contribution in [0, 0.1) is 0 Å². The van der Waals surface area contributed by atoms with Crippen LogP contribution < -0.4 is 30.7 Å². The number of benzene rings is 2. The van der Waals surface area contributed by atoms with E-state index in [1.165, 1.54) is 25.3 Å². The van der Waals surface area contributed by atoms with Crippen molar-refractivity contribution in [1.29, 1.82) is 0 Å². The van der Waals surface area contributed by atoms with Crippen molar-refractivity contribution in [2.75, 3.05) is 7.11 Å². The van der Waals surface area contributed by atoms with E-state index in [0.717, 1.165) is 4.68 Å². The van der Waals surface area contributed by atoms with Gasteiger partial charge < -0.3 is 19.4 Å². The zero-order chi connectivity index (χ0) is 22.7. The number of carboxylic acids is 1. The van der Waals surface area contributed by atoms with Gasteiger partial charge in [0.05, 0.1) is 29.3 Å². The largest absolute Gasteiger partial charge is 0.545 e. The van der Waals surface area contributed by atoms with Crippen molar-refractivity contribution in [3.05, 3.63) is 73.5 Å². The van der Waals surface area contributed by atoms with Crippen molar-refractivity contribution in [1.82, 2.24) is 9.78 Å². The Bertz CT molecular complexity index is 1340. The molecular weight excluding hydrogens is 424 g/mol. The van der Waals surface area contributed by atoms with Crippen LogP contribution in [0.1, 0.15) is 29.3 Å². The molecule has 0 unspecified atom stereocenters. The molecule has 8 nitrogen and oxygen atoms in total. The number of H-pyrrole nitrogens is 1. The third kappa shape index (κ3) is 4.54. The normalized spacial score (nSPS) is 11.4. The molecule has 0 radical (unpaired) electrons. The van der Waals surface area contributed by atoms with E-state index in [1.807, 2.05) is 0 Å². The van der Waals surface area contributed by atoms with Crippen LogP contribution in [-0.2, 0) is 4.79 Å². The van der Waals surface area contributed by atoms with Crippen molar-refractivity contribution in [2.24, 2.45) is 0 Å². The molecule has 0 amide bonds. The van der Waals surface area contributed by atoms with Crippen LogP contribution in [0.2, 0.25) is 5.02 Å². The number of nitrogens with zero attached hydrogens (tertiary/aromatic N) is 1. The van der Waals surface area contributed by atoms with E-state index < -0.39 is 17.5 Å². The fourth-order valence-electron chi connectivity index (χ4n) is 2.85. The summed E-state index contributed by atoms with van der Waals surface area (Å²) in [5.74, 6) is -1.26. The molecule has 9 heteroatoms. The van der Waals surface area contributed by atoms with Crippen LogP contribution >= 0.6 is 11.6 Å². The Kier molecular flexibility index (Phi) is 6.31. The summed E-state index contributed by atoms with van der Waals surface area (Å²) in [6.07, 6.45) is 1.80. The van der Waals surface area contributed by atoms with Gasteiger partial charge in [0.2, 0.25) is 0 Å². The molecule has 0 spiro atoms. The van der Waals surface area contributed by atoms with Crippen molar-refractivity contribution in [3.8, 4) is 17.2 Å². The lowest BCUT2D eigenvalue weighted by molar-refractivity contribution is -0.255. The van der Waals surface area contributed by atoms with E-state index in [0.29, 0.717) is 16.7 Å². The SMILES string of the molecule is C=c1[nH]n(-c2ccc(Cl)c(C(=O)[O-])c2)c(=O)/c1=C\c1ccc(OC(=O)CC)c(OC)c1.